The number of aliphatic hydroxyl groups excluding tert-OH is 8. The monoisotopic (exact) mass is 979 g/mol. The minimum atomic E-state index is -5.24. The highest BCUT2D eigenvalue weighted by Crippen LogP contribution is 2.47. The van der Waals surface area contributed by atoms with Gasteiger partial charge in [0.05, 0.1) is 24.9 Å². The summed E-state index contributed by atoms with van der Waals surface area (Å²) in [5.41, 5.74) is 0. The topological polar surface area (TPSA) is 270 Å². The maximum absolute atomic E-state index is 12.8. The SMILES string of the molecule is CC/C=C\C/C=C\C/C=C\C/C=C\C/C=C\CCCCCC(=O)OC[C@H](COP(=O)(O)OC1[C@H](O)[C@H](O)C(O)[C@H](O)[C@H]1O)OC(=O)CCC[C@@H](O)[C@H](O)\C=C/C=C\C=C\C=C\[C@@H](O)C/C=C\CC. The predicted molar refractivity (Wildman–Crippen MR) is 262 cm³/mol. The second-order valence-corrected chi connectivity index (χ2v) is 17.5. The van der Waals surface area contributed by atoms with Gasteiger partial charge in [-0.1, -0.05) is 142 Å². The molecule has 0 aromatic carbocycles. The van der Waals surface area contributed by atoms with Crippen LogP contribution in [0.1, 0.15) is 110 Å². The number of phosphoric acid groups is 1. The van der Waals surface area contributed by atoms with Gasteiger partial charge in [-0.25, -0.2) is 4.57 Å². The summed E-state index contributed by atoms with van der Waals surface area (Å²) in [7, 11) is -5.24. The van der Waals surface area contributed by atoms with E-state index in [1.807, 2.05) is 19.1 Å². The van der Waals surface area contributed by atoms with Crippen LogP contribution in [0.5, 0.6) is 0 Å². The number of esters is 2. The molecule has 1 aliphatic rings. The van der Waals surface area contributed by atoms with Crippen LogP contribution in [0.15, 0.2) is 122 Å². The third kappa shape index (κ3) is 30.6. The zero-order valence-electron chi connectivity index (χ0n) is 39.7. The maximum atomic E-state index is 12.8. The molecule has 0 heterocycles. The third-order valence-electron chi connectivity index (χ3n) is 10.1. The van der Waals surface area contributed by atoms with Crippen LogP contribution in [-0.2, 0) is 32.7 Å². The zero-order chi connectivity index (χ0) is 50.4. The molecule has 11 atom stereocenters. The summed E-state index contributed by atoms with van der Waals surface area (Å²) < 4.78 is 33.3. The van der Waals surface area contributed by atoms with Gasteiger partial charge in [0.2, 0.25) is 0 Å². The molecule has 0 bridgehead atoms. The van der Waals surface area contributed by atoms with Crippen LogP contribution in [0.2, 0.25) is 0 Å². The van der Waals surface area contributed by atoms with Gasteiger partial charge >= 0.3 is 19.8 Å². The molecule has 0 saturated heterocycles. The second kappa shape index (κ2) is 38.9. The molecule has 68 heavy (non-hydrogen) atoms. The van der Waals surface area contributed by atoms with Crippen molar-refractivity contribution in [2.75, 3.05) is 13.2 Å². The Bertz CT molecular complexity index is 1700. The number of phosphoric ester groups is 1. The first-order valence-corrected chi connectivity index (χ1v) is 25.2. The number of carbonyl (C=O) groups excluding carboxylic acids is 2. The highest BCUT2D eigenvalue weighted by molar-refractivity contribution is 7.47. The van der Waals surface area contributed by atoms with E-state index in [0.29, 0.717) is 12.8 Å². The van der Waals surface area contributed by atoms with Crippen LogP contribution in [0.4, 0.5) is 0 Å². The van der Waals surface area contributed by atoms with Crippen LogP contribution in [0.3, 0.4) is 0 Å². The molecule has 0 radical (unpaired) electrons. The van der Waals surface area contributed by atoms with E-state index in [1.165, 1.54) is 12.2 Å². The van der Waals surface area contributed by atoms with Crippen LogP contribution in [0.25, 0.3) is 0 Å². The summed E-state index contributed by atoms with van der Waals surface area (Å²) in [4.78, 5) is 35.8. The lowest BCUT2D eigenvalue weighted by Crippen LogP contribution is -2.64. The lowest BCUT2D eigenvalue weighted by molar-refractivity contribution is -0.220. The van der Waals surface area contributed by atoms with Crippen molar-refractivity contribution in [1.29, 1.82) is 0 Å². The molecule has 1 fully saturated rings. The molecule has 0 amide bonds. The fraction of sp³-hybridized carbons (Fsp3) is 0.569. The van der Waals surface area contributed by atoms with E-state index in [2.05, 4.69) is 67.7 Å². The molecule has 384 valence electrons. The van der Waals surface area contributed by atoms with Crippen molar-refractivity contribution < 1.29 is 78.4 Å². The smallest absolute Gasteiger partial charge is 0.462 e. The average molecular weight is 979 g/mol. The van der Waals surface area contributed by atoms with Crippen LogP contribution >= 0.6 is 7.82 Å². The summed E-state index contributed by atoms with van der Waals surface area (Å²) in [6.45, 7) is 2.66. The third-order valence-corrected chi connectivity index (χ3v) is 11.1. The Morgan fingerprint density at radius 3 is 1.66 bits per heavy atom. The van der Waals surface area contributed by atoms with Gasteiger partial charge < -0.3 is 55.2 Å². The standard InChI is InChI=1S/C51H79O16P/c1-3-5-7-8-9-10-11-12-13-14-15-16-17-18-19-20-21-26-30-36-44(55)64-38-41(39-65-68(62,63)67-51-49(60)47(58)46(57)48(59)50(51)61)66-45(56)37-31-35-43(54)42(53)34-29-25-23-22-24-28-33-40(52)32-27-6-4-2/h5-7,9-10,12-13,15-16,18-19,22-25,27-29,33-34,40-43,46-54,57-61H,3-4,8,11,14,17,20-21,26,30-32,35-39H2,1-2H3,(H,62,63)/b7-5-,10-9-,13-12-,16-15-,19-18-,24-22+,25-23-,27-6-,33-28+,34-29-/t40-,41+,42+,43+,46?,47-,48+,49+,50+,51?/m0/s1. The first kappa shape index (κ1) is 62.1. The van der Waals surface area contributed by atoms with Gasteiger partial charge in [0.15, 0.2) is 6.10 Å². The number of hydrogen-bond donors (Lipinski definition) is 9. The number of ether oxygens (including phenoxy) is 2. The minimum Gasteiger partial charge on any atom is -0.462 e. The average Bonchev–Trinajstić information content (AvgIpc) is 3.31. The number of aliphatic hydroxyl groups is 8. The largest absolute Gasteiger partial charge is 0.472 e. The number of carbonyl (C=O) groups is 2. The Morgan fingerprint density at radius 2 is 1.07 bits per heavy atom. The molecule has 1 rings (SSSR count). The Labute approximate surface area is 403 Å². The van der Waals surface area contributed by atoms with Crippen LogP contribution in [0, 0.1) is 0 Å². The van der Waals surface area contributed by atoms with E-state index < -0.39 is 94.0 Å². The lowest BCUT2D eigenvalue weighted by Gasteiger charge is -2.41. The van der Waals surface area contributed by atoms with Crippen LogP contribution < -0.4 is 0 Å². The van der Waals surface area contributed by atoms with Crippen molar-refractivity contribution in [3.05, 3.63) is 122 Å². The minimum absolute atomic E-state index is 0.0137. The Hall–Kier alpha value is -3.87. The molecule has 1 saturated carbocycles. The molecular formula is C51H79O16P. The first-order valence-electron chi connectivity index (χ1n) is 23.7. The fourth-order valence-electron chi connectivity index (χ4n) is 6.24. The predicted octanol–water partition coefficient (Wildman–Crippen LogP) is 6.30. The molecule has 0 spiro atoms. The summed E-state index contributed by atoms with van der Waals surface area (Å²) in [5, 5.41) is 80.8. The summed E-state index contributed by atoms with van der Waals surface area (Å²) in [6, 6.07) is 0. The quantitative estimate of drug-likeness (QED) is 0.0110. The highest BCUT2D eigenvalue weighted by atomic mass is 31.2. The van der Waals surface area contributed by atoms with Gasteiger partial charge in [0.25, 0.3) is 0 Å². The maximum Gasteiger partial charge on any atom is 0.472 e. The van der Waals surface area contributed by atoms with Crippen molar-refractivity contribution in [2.45, 2.75) is 171 Å². The zero-order valence-corrected chi connectivity index (χ0v) is 40.6. The van der Waals surface area contributed by atoms with Crippen LogP contribution in [-0.4, -0.2) is 132 Å². The van der Waals surface area contributed by atoms with E-state index in [9.17, 15) is 59.9 Å². The Kier molecular flexibility index (Phi) is 35.6. The molecule has 1 aliphatic carbocycles. The van der Waals surface area contributed by atoms with Gasteiger partial charge in [0, 0.05) is 12.8 Å². The molecule has 9 N–H and O–H groups in total. The van der Waals surface area contributed by atoms with Crippen molar-refractivity contribution in [1.82, 2.24) is 0 Å². The molecule has 16 nitrogen and oxygen atoms in total. The van der Waals surface area contributed by atoms with E-state index in [0.717, 1.165) is 57.8 Å². The van der Waals surface area contributed by atoms with E-state index in [4.69, 9.17) is 18.5 Å². The molecular weight excluding hydrogens is 900 g/mol. The number of unbranched alkanes of at least 4 members (excludes halogenated alkanes) is 3. The van der Waals surface area contributed by atoms with Gasteiger partial charge in [-0.2, -0.15) is 0 Å². The van der Waals surface area contributed by atoms with Crippen molar-refractivity contribution >= 4 is 19.8 Å². The van der Waals surface area contributed by atoms with E-state index >= 15 is 0 Å². The molecule has 0 aliphatic heterocycles. The molecule has 0 aromatic heterocycles. The Morgan fingerprint density at radius 1 is 0.574 bits per heavy atom. The molecule has 17 heteroatoms. The van der Waals surface area contributed by atoms with Crippen molar-refractivity contribution in [3.8, 4) is 0 Å². The van der Waals surface area contributed by atoms with Gasteiger partial charge in [-0.05, 0) is 77.0 Å². The van der Waals surface area contributed by atoms with Gasteiger partial charge in [-0.3, -0.25) is 18.6 Å². The van der Waals surface area contributed by atoms with E-state index in [-0.39, 0.29) is 25.7 Å². The molecule has 0 aromatic rings. The summed E-state index contributed by atoms with van der Waals surface area (Å²) in [6.07, 6.45) is 30.2. The van der Waals surface area contributed by atoms with Gasteiger partial charge in [0.1, 0.15) is 43.2 Å². The molecule has 3 unspecified atom stereocenters. The fourth-order valence-corrected chi connectivity index (χ4v) is 7.21. The Balaban J connectivity index is 2.63. The normalized spacial score (nSPS) is 23.5. The van der Waals surface area contributed by atoms with E-state index in [1.54, 1.807) is 36.5 Å². The van der Waals surface area contributed by atoms with Crippen molar-refractivity contribution in [3.63, 3.8) is 0 Å². The van der Waals surface area contributed by atoms with Crippen molar-refractivity contribution in [2.24, 2.45) is 0 Å². The van der Waals surface area contributed by atoms with Gasteiger partial charge in [-0.15, -0.1) is 0 Å². The number of allylic oxidation sites excluding steroid dienone is 17. The summed E-state index contributed by atoms with van der Waals surface area (Å²) >= 11 is 0. The lowest BCUT2D eigenvalue weighted by atomic mass is 9.85. The first-order chi connectivity index (χ1) is 32.6. The summed E-state index contributed by atoms with van der Waals surface area (Å²) in [5.74, 6) is -1.49. The number of rotatable bonds is 36. The second-order valence-electron chi connectivity index (χ2n) is 16.1. The highest BCUT2D eigenvalue weighted by Gasteiger charge is 2.51. The number of hydrogen-bond acceptors (Lipinski definition) is 15.